The van der Waals surface area contributed by atoms with Crippen molar-refractivity contribution in [2.24, 2.45) is 5.73 Å². The highest BCUT2D eigenvalue weighted by Gasteiger charge is 2.03. The normalized spacial score (nSPS) is 9.88. The van der Waals surface area contributed by atoms with E-state index < -0.39 is 5.91 Å². The first kappa shape index (κ1) is 10.9. The first-order valence-corrected chi connectivity index (χ1v) is 4.81. The van der Waals surface area contributed by atoms with E-state index in [0.29, 0.717) is 17.1 Å². The van der Waals surface area contributed by atoms with Gasteiger partial charge in [0.2, 0.25) is 5.91 Å². The second-order valence-electron chi connectivity index (χ2n) is 3.25. The zero-order valence-electron chi connectivity index (χ0n) is 8.83. The van der Waals surface area contributed by atoms with Gasteiger partial charge in [0.1, 0.15) is 11.6 Å². The highest BCUT2D eigenvalue weighted by Crippen LogP contribution is 2.18. The molecule has 2 aromatic rings. The average molecular weight is 230 g/mol. The smallest absolute Gasteiger partial charge is 0.323 e. The van der Waals surface area contributed by atoms with Gasteiger partial charge in [-0.1, -0.05) is 0 Å². The topological polar surface area (TPSA) is 104 Å². The monoisotopic (exact) mass is 230 g/mol. The van der Waals surface area contributed by atoms with Crippen molar-refractivity contribution in [1.82, 2.24) is 9.97 Å². The van der Waals surface area contributed by atoms with E-state index in [0.717, 1.165) is 0 Å². The lowest BCUT2D eigenvalue weighted by atomic mass is 10.2. The van der Waals surface area contributed by atoms with Crippen LogP contribution in [0.15, 0.2) is 36.5 Å². The molecule has 0 radical (unpaired) electrons. The van der Waals surface area contributed by atoms with E-state index in [1.54, 1.807) is 30.3 Å². The molecule has 0 aliphatic heterocycles. The van der Waals surface area contributed by atoms with Crippen molar-refractivity contribution in [3.05, 3.63) is 42.1 Å². The molecule has 1 aromatic heterocycles. The molecule has 4 N–H and O–H groups in total. The predicted octanol–water partition coefficient (Wildman–Crippen LogP) is 0.950. The summed E-state index contributed by atoms with van der Waals surface area (Å²) in [7, 11) is 0. The third kappa shape index (κ3) is 2.69. The van der Waals surface area contributed by atoms with Gasteiger partial charge in [-0.3, -0.25) is 4.79 Å². The molecule has 0 fully saturated rings. The van der Waals surface area contributed by atoms with E-state index in [4.69, 9.17) is 16.2 Å². The van der Waals surface area contributed by atoms with Crippen LogP contribution in [0, 0.1) is 0 Å². The third-order valence-corrected chi connectivity index (χ3v) is 2.00. The van der Waals surface area contributed by atoms with Crippen molar-refractivity contribution < 1.29 is 9.53 Å². The Morgan fingerprint density at radius 3 is 2.47 bits per heavy atom. The molecule has 0 saturated carbocycles. The minimum Gasteiger partial charge on any atom is -0.424 e. The first-order valence-electron chi connectivity index (χ1n) is 4.81. The molecule has 0 unspecified atom stereocenters. The van der Waals surface area contributed by atoms with Gasteiger partial charge in [-0.2, -0.15) is 4.98 Å². The van der Waals surface area contributed by atoms with E-state index in [2.05, 4.69) is 9.97 Å². The van der Waals surface area contributed by atoms with Crippen molar-refractivity contribution in [2.45, 2.75) is 0 Å². The standard InChI is InChI=1S/C11H10N4O2/c12-9-5-6-14-11(15-9)17-8-3-1-7(2-4-8)10(13)16/h1-6H,(H2,13,16)(H2,12,14,15). The molecule has 0 spiro atoms. The Morgan fingerprint density at radius 1 is 1.18 bits per heavy atom. The fourth-order valence-electron chi connectivity index (χ4n) is 1.20. The summed E-state index contributed by atoms with van der Waals surface area (Å²) in [6.45, 7) is 0. The van der Waals surface area contributed by atoms with Crippen LogP contribution in [-0.4, -0.2) is 15.9 Å². The van der Waals surface area contributed by atoms with Crippen LogP contribution in [0.25, 0.3) is 0 Å². The predicted molar refractivity (Wildman–Crippen MR) is 61.5 cm³/mol. The lowest BCUT2D eigenvalue weighted by Crippen LogP contribution is -2.10. The number of anilines is 1. The fourth-order valence-corrected chi connectivity index (χ4v) is 1.20. The maximum absolute atomic E-state index is 10.9. The number of amides is 1. The van der Waals surface area contributed by atoms with Gasteiger partial charge in [-0.25, -0.2) is 4.98 Å². The lowest BCUT2D eigenvalue weighted by Gasteiger charge is -2.04. The summed E-state index contributed by atoms with van der Waals surface area (Å²) in [5, 5.41) is 0. The molecule has 0 saturated heterocycles. The molecule has 2 rings (SSSR count). The minimum absolute atomic E-state index is 0.150. The number of ether oxygens (including phenoxy) is 1. The number of aromatic nitrogens is 2. The number of hydrogen-bond donors (Lipinski definition) is 2. The number of benzene rings is 1. The fraction of sp³-hybridized carbons (Fsp3) is 0. The van der Waals surface area contributed by atoms with Crippen LogP contribution in [0.3, 0.4) is 0 Å². The van der Waals surface area contributed by atoms with E-state index in [9.17, 15) is 4.79 Å². The van der Waals surface area contributed by atoms with Gasteiger partial charge in [0.05, 0.1) is 0 Å². The molecular weight excluding hydrogens is 220 g/mol. The average Bonchev–Trinajstić information content (AvgIpc) is 2.29. The third-order valence-electron chi connectivity index (χ3n) is 2.00. The van der Waals surface area contributed by atoms with Crippen LogP contribution in [0.1, 0.15) is 10.4 Å². The van der Waals surface area contributed by atoms with Gasteiger partial charge in [0.25, 0.3) is 0 Å². The molecule has 0 bridgehead atoms. The van der Waals surface area contributed by atoms with Gasteiger partial charge >= 0.3 is 6.01 Å². The minimum atomic E-state index is -0.489. The highest BCUT2D eigenvalue weighted by molar-refractivity contribution is 5.92. The Kier molecular flexibility index (Phi) is 2.87. The van der Waals surface area contributed by atoms with Crippen LogP contribution in [0.5, 0.6) is 11.8 Å². The molecular formula is C11H10N4O2. The molecule has 6 heteroatoms. The summed E-state index contributed by atoms with van der Waals surface area (Å²) >= 11 is 0. The summed E-state index contributed by atoms with van der Waals surface area (Å²) in [4.78, 5) is 18.6. The Labute approximate surface area is 97.2 Å². The quantitative estimate of drug-likeness (QED) is 0.816. The molecule has 0 aliphatic carbocycles. The second-order valence-corrected chi connectivity index (χ2v) is 3.25. The van der Waals surface area contributed by atoms with Crippen molar-refractivity contribution in [1.29, 1.82) is 0 Å². The van der Waals surface area contributed by atoms with Crippen LogP contribution in [-0.2, 0) is 0 Å². The molecule has 0 aliphatic rings. The zero-order valence-corrected chi connectivity index (χ0v) is 8.83. The summed E-state index contributed by atoms with van der Waals surface area (Å²) < 4.78 is 5.34. The number of nitrogen functional groups attached to an aromatic ring is 1. The van der Waals surface area contributed by atoms with Crippen molar-refractivity contribution in [3.8, 4) is 11.8 Å². The van der Waals surface area contributed by atoms with Gasteiger partial charge < -0.3 is 16.2 Å². The van der Waals surface area contributed by atoms with Crippen LogP contribution >= 0.6 is 0 Å². The van der Waals surface area contributed by atoms with Crippen LogP contribution in [0.2, 0.25) is 0 Å². The van der Waals surface area contributed by atoms with Crippen LogP contribution < -0.4 is 16.2 Å². The van der Waals surface area contributed by atoms with E-state index in [1.165, 1.54) is 6.20 Å². The molecule has 17 heavy (non-hydrogen) atoms. The SMILES string of the molecule is NC(=O)c1ccc(Oc2nccc(N)n2)cc1. The Bertz CT molecular complexity index is 539. The van der Waals surface area contributed by atoms with E-state index in [1.807, 2.05) is 0 Å². The number of hydrogen-bond acceptors (Lipinski definition) is 5. The molecule has 1 amide bonds. The molecule has 0 atom stereocenters. The Morgan fingerprint density at radius 2 is 1.88 bits per heavy atom. The summed E-state index contributed by atoms with van der Waals surface area (Å²) in [6.07, 6.45) is 1.50. The van der Waals surface area contributed by atoms with Gasteiger partial charge in [0.15, 0.2) is 0 Å². The maximum atomic E-state index is 10.9. The second kappa shape index (κ2) is 4.48. The molecule has 1 aromatic carbocycles. The van der Waals surface area contributed by atoms with Gasteiger partial charge in [-0.05, 0) is 30.3 Å². The number of nitrogens with two attached hydrogens (primary N) is 2. The molecule has 1 heterocycles. The van der Waals surface area contributed by atoms with E-state index in [-0.39, 0.29) is 6.01 Å². The van der Waals surface area contributed by atoms with Crippen molar-refractivity contribution in [3.63, 3.8) is 0 Å². The number of rotatable bonds is 3. The van der Waals surface area contributed by atoms with Gasteiger partial charge in [0, 0.05) is 11.8 Å². The summed E-state index contributed by atoms with van der Waals surface area (Å²) in [5.41, 5.74) is 11.0. The number of carbonyl (C=O) groups is 1. The summed E-state index contributed by atoms with van der Waals surface area (Å²) in [6, 6.07) is 8.04. The van der Waals surface area contributed by atoms with Gasteiger partial charge in [-0.15, -0.1) is 0 Å². The summed E-state index contributed by atoms with van der Waals surface area (Å²) in [5.74, 6) is 0.334. The van der Waals surface area contributed by atoms with Crippen LogP contribution in [0.4, 0.5) is 5.82 Å². The highest BCUT2D eigenvalue weighted by atomic mass is 16.5. The molecule has 6 nitrogen and oxygen atoms in total. The largest absolute Gasteiger partial charge is 0.424 e. The number of primary amides is 1. The molecule has 86 valence electrons. The Balaban J connectivity index is 2.16. The number of carbonyl (C=O) groups excluding carboxylic acids is 1. The van der Waals surface area contributed by atoms with Crippen molar-refractivity contribution >= 4 is 11.7 Å². The van der Waals surface area contributed by atoms with Crippen molar-refractivity contribution in [2.75, 3.05) is 5.73 Å². The Hall–Kier alpha value is -2.63. The number of nitrogens with zero attached hydrogens (tertiary/aromatic N) is 2. The maximum Gasteiger partial charge on any atom is 0.323 e. The van der Waals surface area contributed by atoms with E-state index >= 15 is 0 Å². The zero-order chi connectivity index (χ0) is 12.3. The lowest BCUT2D eigenvalue weighted by molar-refractivity contribution is 0.100. The first-order chi connectivity index (χ1) is 8.15.